The minimum absolute atomic E-state index is 0.0252. The van der Waals surface area contributed by atoms with Crippen molar-refractivity contribution in [3.05, 3.63) is 35.4 Å². The lowest BCUT2D eigenvalue weighted by atomic mass is 10.1. The highest BCUT2D eigenvalue weighted by Gasteiger charge is 2.15. The number of aliphatic carboxylic acids is 1. The van der Waals surface area contributed by atoms with Crippen molar-refractivity contribution < 1.29 is 23.5 Å². The SMILES string of the molecule is CC(Cc1c(F)cccc1F)NC(=O)CN(C)CCC(=O)O. The van der Waals surface area contributed by atoms with Crippen LogP contribution in [-0.2, 0) is 16.0 Å². The number of nitrogens with one attached hydrogen (secondary N) is 1. The van der Waals surface area contributed by atoms with E-state index in [0.29, 0.717) is 0 Å². The van der Waals surface area contributed by atoms with Gasteiger partial charge in [-0.2, -0.15) is 0 Å². The van der Waals surface area contributed by atoms with Gasteiger partial charge in [-0.3, -0.25) is 14.5 Å². The van der Waals surface area contributed by atoms with Crippen LogP contribution in [0.4, 0.5) is 8.78 Å². The number of carboxylic acid groups (broad SMARTS) is 1. The summed E-state index contributed by atoms with van der Waals surface area (Å²) in [6.07, 6.45) is -0.0111. The zero-order valence-corrected chi connectivity index (χ0v) is 12.6. The van der Waals surface area contributed by atoms with Gasteiger partial charge < -0.3 is 10.4 Å². The number of carbonyl (C=O) groups is 2. The fraction of sp³-hybridized carbons (Fsp3) is 0.467. The van der Waals surface area contributed by atoms with Crippen LogP contribution in [0.5, 0.6) is 0 Å². The topological polar surface area (TPSA) is 69.6 Å². The van der Waals surface area contributed by atoms with Gasteiger partial charge in [-0.15, -0.1) is 0 Å². The van der Waals surface area contributed by atoms with E-state index in [0.717, 1.165) is 0 Å². The first kappa shape index (κ1) is 18.0. The van der Waals surface area contributed by atoms with Gasteiger partial charge in [0.05, 0.1) is 13.0 Å². The number of hydrogen-bond acceptors (Lipinski definition) is 3. The molecule has 0 bridgehead atoms. The van der Waals surface area contributed by atoms with E-state index in [4.69, 9.17) is 5.11 Å². The standard InChI is InChI=1S/C15H20F2N2O3/c1-10(8-11-12(16)4-3-5-13(11)17)18-14(20)9-19(2)7-6-15(21)22/h3-5,10H,6-9H2,1-2H3,(H,18,20)(H,21,22). The largest absolute Gasteiger partial charge is 0.481 e. The summed E-state index contributed by atoms with van der Waals surface area (Å²) in [5, 5.41) is 11.2. The van der Waals surface area contributed by atoms with Crippen molar-refractivity contribution in [2.75, 3.05) is 20.1 Å². The molecule has 5 nitrogen and oxygen atoms in total. The van der Waals surface area contributed by atoms with Crippen LogP contribution in [0, 0.1) is 11.6 Å². The van der Waals surface area contributed by atoms with Crippen molar-refractivity contribution >= 4 is 11.9 Å². The Bertz CT molecular complexity index is 517. The molecule has 1 amide bonds. The summed E-state index contributed by atoms with van der Waals surface area (Å²) < 4.78 is 27.0. The van der Waals surface area contributed by atoms with Crippen LogP contribution >= 0.6 is 0 Å². The molecular weight excluding hydrogens is 294 g/mol. The number of halogens is 2. The van der Waals surface area contributed by atoms with E-state index in [1.54, 1.807) is 18.9 Å². The number of amides is 1. The van der Waals surface area contributed by atoms with Gasteiger partial charge in [0.1, 0.15) is 11.6 Å². The molecule has 1 atom stereocenters. The molecule has 0 spiro atoms. The molecular formula is C15H20F2N2O3. The van der Waals surface area contributed by atoms with Crippen molar-refractivity contribution in [3.63, 3.8) is 0 Å². The van der Waals surface area contributed by atoms with E-state index in [1.165, 1.54) is 18.2 Å². The Balaban J connectivity index is 2.46. The van der Waals surface area contributed by atoms with Crippen LogP contribution in [0.15, 0.2) is 18.2 Å². The van der Waals surface area contributed by atoms with Gasteiger partial charge in [-0.1, -0.05) is 6.07 Å². The van der Waals surface area contributed by atoms with Crippen molar-refractivity contribution in [1.82, 2.24) is 10.2 Å². The summed E-state index contributed by atoms with van der Waals surface area (Å²) in [6.45, 7) is 1.93. The van der Waals surface area contributed by atoms with Gasteiger partial charge >= 0.3 is 5.97 Å². The Morgan fingerprint density at radius 2 is 1.91 bits per heavy atom. The Hall–Kier alpha value is -2.02. The maximum atomic E-state index is 13.5. The fourth-order valence-corrected chi connectivity index (χ4v) is 2.02. The van der Waals surface area contributed by atoms with E-state index in [9.17, 15) is 18.4 Å². The first-order chi connectivity index (χ1) is 10.3. The molecule has 0 aliphatic carbocycles. The van der Waals surface area contributed by atoms with Crippen molar-refractivity contribution in [1.29, 1.82) is 0 Å². The number of nitrogens with zero attached hydrogens (tertiary/aromatic N) is 1. The third-order valence-corrected chi connectivity index (χ3v) is 3.10. The average molecular weight is 314 g/mol. The molecule has 22 heavy (non-hydrogen) atoms. The average Bonchev–Trinajstić information content (AvgIpc) is 2.40. The molecule has 0 aromatic heterocycles. The van der Waals surface area contributed by atoms with Gasteiger partial charge in [0.15, 0.2) is 0 Å². The number of hydrogen-bond donors (Lipinski definition) is 2. The third-order valence-electron chi connectivity index (χ3n) is 3.10. The van der Waals surface area contributed by atoms with Gasteiger partial charge in [0, 0.05) is 18.2 Å². The molecule has 1 aromatic rings. The van der Waals surface area contributed by atoms with Crippen LogP contribution < -0.4 is 5.32 Å². The Morgan fingerprint density at radius 3 is 2.45 bits per heavy atom. The van der Waals surface area contributed by atoms with Gasteiger partial charge in [0.25, 0.3) is 0 Å². The van der Waals surface area contributed by atoms with Crippen molar-refractivity contribution in [2.24, 2.45) is 0 Å². The molecule has 1 rings (SSSR count). The molecule has 0 aliphatic heterocycles. The minimum atomic E-state index is -0.935. The van der Waals surface area contributed by atoms with E-state index < -0.39 is 23.6 Å². The van der Waals surface area contributed by atoms with Crippen LogP contribution in [-0.4, -0.2) is 48.1 Å². The second-order valence-corrected chi connectivity index (χ2v) is 5.25. The first-order valence-corrected chi connectivity index (χ1v) is 6.92. The summed E-state index contributed by atoms with van der Waals surface area (Å²) in [6, 6.07) is 3.19. The second-order valence-electron chi connectivity index (χ2n) is 5.25. The van der Waals surface area contributed by atoms with E-state index in [1.807, 2.05) is 0 Å². The lowest BCUT2D eigenvalue weighted by Crippen LogP contribution is -2.41. The fourth-order valence-electron chi connectivity index (χ4n) is 2.02. The molecule has 0 heterocycles. The van der Waals surface area contributed by atoms with Crippen LogP contribution in [0.2, 0.25) is 0 Å². The normalized spacial score (nSPS) is 12.2. The number of benzene rings is 1. The molecule has 7 heteroatoms. The monoisotopic (exact) mass is 314 g/mol. The van der Waals surface area contributed by atoms with E-state index in [2.05, 4.69) is 5.32 Å². The van der Waals surface area contributed by atoms with Crippen molar-refractivity contribution in [3.8, 4) is 0 Å². The van der Waals surface area contributed by atoms with Gasteiger partial charge in [0.2, 0.25) is 5.91 Å². The molecule has 1 unspecified atom stereocenters. The minimum Gasteiger partial charge on any atom is -0.481 e. The summed E-state index contributed by atoms with van der Waals surface area (Å²) >= 11 is 0. The van der Waals surface area contributed by atoms with E-state index in [-0.39, 0.29) is 37.4 Å². The third kappa shape index (κ3) is 6.17. The maximum Gasteiger partial charge on any atom is 0.304 e. The first-order valence-electron chi connectivity index (χ1n) is 6.92. The van der Waals surface area contributed by atoms with E-state index >= 15 is 0 Å². The Kier molecular flexibility index (Phi) is 6.91. The zero-order chi connectivity index (χ0) is 16.7. The van der Waals surface area contributed by atoms with Crippen molar-refractivity contribution in [2.45, 2.75) is 25.8 Å². The lowest BCUT2D eigenvalue weighted by Gasteiger charge is -2.18. The number of likely N-dealkylation sites (N-methyl/N-ethyl adjacent to an activating group) is 1. The molecule has 0 radical (unpaired) electrons. The van der Waals surface area contributed by atoms with Crippen LogP contribution in [0.25, 0.3) is 0 Å². The maximum absolute atomic E-state index is 13.5. The summed E-state index contributed by atoms with van der Waals surface area (Å²) in [7, 11) is 1.63. The predicted molar refractivity (Wildman–Crippen MR) is 77.4 cm³/mol. The van der Waals surface area contributed by atoms with Gasteiger partial charge in [-0.05, 0) is 32.5 Å². The number of rotatable bonds is 8. The van der Waals surface area contributed by atoms with Gasteiger partial charge in [-0.25, -0.2) is 8.78 Å². The lowest BCUT2D eigenvalue weighted by molar-refractivity contribution is -0.137. The number of carbonyl (C=O) groups excluding carboxylic acids is 1. The summed E-state index contributed by atoms with van der Waals surface area (Å²) in [5.74, 6) is -2.54. The molecule has 1 aromatic carbocycles. The molecule has 0 saturated heterocycles. The summed E-state index contributed by atoms with van der Waals surface area (Å²) in [5.41, 5.74) is -0.0606. The predicted octanol–water partition coefficient (Wildman–Crippen LogP) is 1.42. The Morgan fingerprint density at radius 1 is 1.32 bits per heavy atom. The molecule has 0 saturated carbocycles. The highest BCUT2D eigenvalue weighted by molar-refractivity contribution is 5.78. The highest BCUT2D eigenvalue weighted by atomic mass is 19.1. The molecule has 2 N–H and O–H groups in total. The van der Waals surface area contributed by atoms with Crippen LogP contribution in [0.3, 0.4) is 0 Å². The summed E-state index contributed by atoms with van der Waals surface area (Å²) in [4.78, 5) is 23.8. The smallest absolute Gasteiger partial charge is 0.304 e. The molecule has 0 aliphatic rings. The number of carboxylic acids is 1. The molecule has 0 fully saturated rings. The second kappa shape index (κ2) is 8.43. The Labute approximate surface area is 127 Å². The quantitative estimate of drug-likeness (QED) is 0.761. The highest BCUT2D eigenvalue weighted by Crippen LogP contribution is 2.14. The zero-order valence-electron chi connectivity index (χ0n) is 12.6. The van der Waals surface area contributed by atoms with Crippen LogP contribution in [0.1, 0.15) is 18.9 Å². The molecule has 122 valence electrons.